The Morgan fingerprint density at radius 3 is 2.89 bits per heavy atom. The third-order valence-corrected chi connectivity index (χ3v) is 4.33. The molecule has 98 valence electrons. The maximum atomic E-state index is 12.1. The fourth-order valence-electron chi connectivity index (χ4n) is 3.21. The van der Waals surface area contributed by atoms with Crippen molar-refractivity contribution in [3.05, 3.63) is 5.82 Å². The molecular formula is C12H19N5O. The van der Waals surface area contributed by atoms with Crippen molar-refractivity contribution in [3.8, 4) is 0 Å². The van der Waals surface area contributed by atoms with Gasteiger partial charge in [-0.25, -0.2) is 0 Å². The topological polar surface area (TPSA) is 96.7 Å². The summed E-state index contributed by atoms with van der Waals surface area (Å²) in [6.07, 6.45) is 7.40. The van der Waals surface area contributed by atoms with E-state index in [1.165, 1.54) is 32.1 Å². The Kier molecular flexibility index (Phi) is 2.72. The van der Waals surface area contributed by atoms with E-state index in [9.17, 15) is 4.79 Å². The summed E-state index contributed by atoms with van der Waals surface area (Å²) in [5, 5.41) is 9.34. The molecule has 6 nitrogen and oxygen atoms in total. The summed E-state index contributed by atoms with van der Waals surface area (Å²) < 4.78 is 0. The number of amides is 1. The van der Waals surface area contributed by atoms with E-state index in [4.69, 9.17) is 5.73 Å². The average molecular weight is 249 g/mol. The number of nitrogens with one attached hydrogen (secondary N) is 2. The highest BCUT2D eigenvalue weighted by molar-refractivity contribution is 5.82. The molecule has 0 saturated heterocycles. The third kappa shape index (κ3) is 2.07. The Hall–Kier alpha value is -1.59. The number of anilines is 1. The van der Waals surface area contributed by atoms with Crippen molar-refractivity contribution in [2.75, 3.05) is 5.73 Å². The van der Waals surface area contributed by atoms with Crippen LogP contribution in [0.4, 0.5) is 5.95 Å². The van der Waals surface area contributed by atoms with Gasteiger partial charge < -0.3 is 11.1 Å². The summed E-state index contributed by atoms with van der Waals surface area (Å²) >= 11 is 0. The van der Waals surface area contributed by atoms with Crippen LogP contribution in [0.3, 0.4) is 0 Å². The predicted molar refractivity (Wildman–Crippen MR) is 66.3 cm³/mol. The average Bonchev–Trinajstić information content (AvgIpc) is 2.89. The zero-order chi connectivity index (χ0) is 12.6. The Bertz CT molecular complexity index is 449. The Morgan fingerprint density at radius 1 is 1.44 bits per heavy atom. The second kappa shape index (κ2) is 4.26. The lowest BCUT2D eigenvalue weighted by atomic mass is 9.84. The maximum absolute atomic E-state index is 12.1. The minimum atomic E-state index is 0.159. The molecule has 6 heteroatoms. The number of carbonyl (C=O) groups excluding carboxylic acids is 1. The van der Waals surface area contributed by atoms with E-state index in [2.05, 4.69) is 20.5 Å². The van der Waals surface area contributed by atoms with Crippen LogP contribution in [0.5, 0.6) is 0 Å². The standard InChI is InChI=1S/C12H19N5O/c13-11-15-9(16-17-11)7-14-10(18)8-6-12(8)4-2-1-3-5-12/h8H,1-7H2,(H,14,18)(H3,13,15,16,17)/t8-/m0/s1. The lowest BCUT2D eigenvalue weighted by molar-refractivity contribution is -0.123. The number of nitrogens with two attached hydrogens (primary N) is 1. The third-order valence-electron chi connectivity index (χ3n) is 4.33. The molecule has 0 aliphatic heterocycles. The Morgan fingerprint density at radius 2 is 2.22 bits per heavy atom. The van der Waals surface area contributed by atoms with Crippen molar-refractivity contribution in [1.29, 1.82) is 0 Å². The molecule has 0 unspecified atom stereocenters. The normalized spacial score (nSPS) is 25.0. The number of hydrogen-bond acceptors (Lipinski definition) is 4. The van der Waals surface area contributed by atoms with Crippen molar-refractivity contribution in [1.82, 2.24) is 20.5 Å². The minimum absolute atomic E-state index is 0.159. The molecule has 1 aromatic heterocycles. The van der Waals surface area contributed by atoms with Crippen LogP contribution in [0, 0.1) is 11.3 Å². The monoisotopic (exact) mass is 249 g/mol. The number of nitrogens with zero attached hydrogens (tertiary/aromatic N) is 2. The molecule has 1 heterocycles. The van der Waals surface area contributed by atoms with Crippen LogP contribution in [0.15, 0.2) is 0 Å². The first-order valence-electron chi connectivity index (χ1n) is 6.64. The van der Waals surface area contributed by atoms with Gasteiger partial charge in [-0.3, -0.25) is 9.89 Å². The quantitative estimate of drug-likeness (QED) is 0.743. The number of rotatable bonds is 3. The lowest BCUT2D eigenvalue weighted by Gasteiger charge is -2.21. The molecule has 2 fully saturated rings. The van der Waals surface area contributed by atoms with Gasteiger partial charge in [-0.2, -0.15) is 4.98 Å². The summed E-state index contributed by atoms with van der Waals surface area (Å²) in [4.78, 5) is 16.0. The molecule has 0 bridgehead atoms. The highest BCUT2D eigenvalue weighted by Crippen LogP contribution is 2.61. The van der Waals surface area contributed by atoms with Crippen LogP contribution in [0.1, 0.15) is 44.3 Å². The van der Waals surface area contributed by atoms with Crippen LogP contribution in [-0.4, -0.2) is 21.1 Å². The van der Waals surface area contributed by atoms with Gasteiger partial charge in [0.1, 0.15) is 5.82 Å². The molecule has 3 rings (SSSR count). The largest absolute Gasteiger partial charge is 0.367 e. The van der Waals surface area contributed by atoms with Gasteiger partial charge in [0, 0.05) is 5.92 Å². The minimum Gasteiger partial charge on any atom is -0.367 e. The number of carbonyl (C=O) groups is 1. The van der Waals surface area contributed by atoms with Crippen LogP contribution in [-0.2, 0) is 11.3 Å². The Labute approximate surface area is 106 Å². The van der Waals surface area contributed by atoms with Gasteiger partial charge in [0.25, 0.3) is 0 Å². The number of aromatic amines is 1. The number of nitrogen functional groups attached to an aromatic ring is 1. The summed E-state index contributed by atoms with van der Waals surface area (Å²) in [7, 11) is 0. The number of hydrogen-bond donors (Lipinski definition) is 3. The molecule has 1 amide bonds. The van der Waals surface area contributed by atoms with Gasteiger partial charge in [-0.15, -0.1) is 5.10 Å². The molecule has 0 radical (unpaired) electrons. The van der Waals surface area contributed by atoms with E-state index >= 15 is 0 Å². The summed E-state index contributed by atoms with van der Waals surface area (Å²) in [5.74, 6) is 1.21. The summed E-state index contributed by atoms with van der Waals surface area (Å²) in [5.41, 5.74) is 5.74. The van der Waals surface area contributed by atoms with E-state index < -0.39 is 0 Å². The summed E-state index contributed by atoms with van der Waals surface area (Å²) in [6.45, 7) is 0.385. The SMILES string of the molecule is Nc1n[nH]c(CNC(=O)[C@@H]2CC23CCCCC3)n1. The molecular weight excluding hydrogens is 230 g/mol. The molecule has 18 heavy (non-hydrogen) atoms. The zero-order valence-electron chi connectivity index (χ0n) is 10.4. The highest BCUT2D eigenvalue weighted by atomic mass is 16.2. The van der Waals surface area contributed by atoms with E-state index in [0.29, 0.717) is 17.8 Å². The van der Waals surface area contributed by atoms with Crippen molar-refractivity contribution in [3.63, 3.8) is 0 Å². The fraction of sp³-hybridized carbons (Fsp3) is 0.750. The molecule has 2 saturated carbocycles. The maximum Gasteiger partial charge on any atom is 0.239 e. The van der Waals surface area contributed by atoms with Gasteiger partial charge in [0.05, 0.1) is 6.54 Å². The zero-order valence-corrected chi connectivity index (χ0v) is 10.4. The smallest absolute Gasteiger partial charge is 0.239 e. The molecule has 4 N–H and O–H groups in total. The molecule has 1 spiro atoms. The first-order valence-corrected chi connectivity index (χ1v) is 6.64. The van der Waals surface area contributed by atoms with Crippen LogP contribution < -0.4 is 11.1 Å². The first kappa shape index (κ1) is 11.5. The number of H-pyrrole nitrogens is 1. The molecule has 1 aromatic rings. The number of aromatic nitrogens is 3. The second-order valence-corrected chi connectivity index (χ2v) is 5.54. The van der Waals surface area contributed by atoms with Crippen molar-refractivity contribution < 1.29 is 4.79 Å². The predicted octanol–water partition coefficient (Wildman–Crippen LogP) is 0.973. The van der Waals surface area contributed by atoms with Crippen LogP contribution in [0.2, 0.25) is 0 Å². The van der Waals surface area contributed by atoms with Crippen LogP contribution >= 0.6 is 0 Å². The molecule has 2 aliphatic rings. The fourth-order valence-corrected chi connectivity index (χ4v) is 3.21. The van der Waals surface area contributed by atoms with E-state index in [1.807, 2.05) is 0 Å². The van der Waals surface area contributed by atoms with Crippen molar-refractivity contribution >= 4 is 11.9 Å². The van der Waals surface area contributed by atoms with Crippen molar-refractivity contribution in [2.45, 2.75) is 45.1 Å². The van der Waals surface area contributed by atoms with Gasteiger partial charge >= 0.3 is 0 Å². The van der Waals surface area contributed by atoms with E-state index in [1.54, 1.807) is 0 Å². The van der Waals surface area contributed by atoms with Gasteiger partial charge in [-0.1, -0.05) is 19.3 Å². The summed E-state index contributed by atoms with van der Waals surface area (Å²) in [6, 6.07) is 0. The van der Waals surface area contributed by atoms with E-state index in [-0.39, 0.29) is 17.8 Å². The van der Waals surface area contributed by atoms with Gasteiger partial charge in [0.2, 0.25) is 11.9 Å². The highest BCUT2D eigenvalue weighted by Gasteiger charge is 2.57. The Balaban J connectivity index is 1.51. The molecule has 1 atom stereocenters. The van der Waals surface area contributed by atoms with Gasteiger partial charge in [0.15, 0.2) is 0 Å². The second-order valence-electron chi connectivity index (χ2n) is 5.54. The first-order chi connectivity index (χ1) is 8.70. The van der Waals surface area contributed by atoms with Gasteiger partial charge in [-0.05, 0) is 24.7 Å². The lowest BCUT2D eigenvalue weighted by Crippen LogP contribution is -2.28. The van der Waals surface area contributed by atoms with Crippen molar-refractivity contribution in [2.24, 2.45) is 11.3 Å². The molecule has 2 aliphatic carbocycles. The van der Waals surface area contributed by atoms with Crippen LogP contribution in [0.25, 0.3) is 0 Å². The molecule has 0 aromatic carbocycles. The van der Waals surface area contributed by atoms with E-state index in [0.717, 1.165) is 6.42 Å².